The van der Waals surface area contributed by atoms with Gasteiger partial charge in [-0.25, -0.2) is 4.39 Å². The lowest BCUT2D eigenvalue weighted by Crippen LogP contribution is -2.47. The van der Waals surface area contributed by atoms with Crippen molar-refractivity contribution in [1.29, 1.82) is 0 Å². The Hall–Kier alpha value is -4.39. The number of aromatic amines is 2. The molecule has 5 aromatic rings. The summed E-state index contributed by atoms with van der Waals surface area (Å²) in [4.78, 5) is 37.1. The molecule has 40 heavy (non-hydrogen) atoms. The minimum absolute atomic E-state index is 0.0105. The van der Waals surface area contributed by atoms with E-state index in [1.54, 1.807) is 11.0 Å². The lowest BCUT2D eigenvalue weighted by molar-refractivity contribution is -0.137. The van der Waals surface area contributed by atoms with Crippen molar-refractivity contribution in [3.05, 3.63) is 102 Å². The first-order valence-corrected chi connectivity index (χ1v) is 13.9. The summed E-state index contributed by atoms with van der Waals surface area (Å²) in [5.74, 6) is -0.929. The lowest BCUT2D eigenvalue weighted by Gasteiger charge is -2.43. The van der Waals surface area contributed by atoms with Crippen molar-refractivity contribution in [2.75, 3.05) is 24.5 Å². The normalized spacial score (nSPS) is 19.1. The van der Waals surface area contributed by atoms with Crippen molar-refractivity contribution in [2.45, 2.75) is 31.6 Å². The molecule has 2 N–H and O–H groups in total. The van der Waals surface area contributed by atoms with E-state index in [4.69, 9.17) is 0 Å². The third kappa shape index (κ3) is 3.83. The van der Waals surface area contributed by atoms with Crippen LogP contribution in [0.25, 0.3) is 21.8 Å². The van der Waals surface area contributed by atoms with Crippen molar-refractivity contribution < 1.29 is 14.0 Å². The highest BCUT2D eigenvalue weighted by Gasteiger charge is 2.44. The highest BCUT2D eigenvalue weighted by molar-refractivity contribution is 6.01. The lowest BCUT2D eigenvalue weighted by atomic mass is 9.67. The SMILES string of the molecule is Cc1ccc(F)cc1N1CC(C(=O)N2CCC(c3c[nH]c4ccccc34)(c3c[nH]c4ccccc34)CC2)CC1=O. The molecule has 202 valence electrons. The molecule has 2 aliphatic heterocycles. The maximum absolute atomic E-state index is 14.0. The van der Waals surface area contributed by atoms with Crippen LogP contribution in [-0.2, 0) is 15.0 Å². The first kappa shape index (κ1) is 24.6. The van der Waals surface area contributed by atoms with E-state index >= 15 is 0 Å². The Morgan fingerprint density at radius 3 is 2.12 bits per heavy atom. The largest absolute Gasteiger partial charge is 0.361 e. The number of carbonyl (C=O) groups excluding carboxylic acids is 2. The van der Waals surface area contributed by atoms with E-state index < -0.39 is 5.92 Å². The van der Waals surface area contributed by atoms with Crippen LogP contribution in [0.2, 0.25) is 0 Å². The smallest absolute Gasteiger partial charge is 0.228 e. The molecule has 7 rings (SSSR count). The molecule has 7 heteroatoms. The van der Waals surface area contributed by atoms with Crippen LogP contribution in [0.1, 0.15) is 36.0 Å². The summed E-state index contributed by atoms with van der Waals surface area (Å²) < 4.78 is 14.0. The van der Waals surface area contributed by atoms with E-state index in [2.05, 4.69) is 58.8 Å². The Morgan fingerprint density at radius 2 is 1.50 bits per heavy atom. The molecule has 0 aliphatic carbocycles. The molecule has 2 aliphatic rings. The highest BCUT2D eigenvalue weighted by atomic mass is 19.1. The number of piperidine rings is 1. The summed E-state index contributed by atoms with van der Waals surface area (Å²) in [6.07, 6.45) is 5.98. The van der Waals surface area contributed by atoms with Crippen LogP contribution in [0.5, 0.6) is 0 Å². The maximum atomic E-state index is 14.0. The van der Waals surface area contributed by atoms with E-state index in [9.17, 15) is 14.0 Å². The minimum atomic E-state index is -0.427. The number of anilines is 1. The first-order valence-electron chi connectivity index (χ1n) is 13.9. The van der Waals surface area contributed by atoms with Gasteiger partial charge in [0.25, 0.3) is 0 Å². The van der Waals surface area contributed by atoms with Crippen molar-refractivity contribution in [3.63, 3.8) is 0 Å². The number of amides is 2. The van der Waals surface area contributed by atoms with Gasteiger partial charge in [-0.05, 0) is 60.7 Å². The molecule has 2 saturated heterocycles. The van der Waals surface area contributed by atoms with E-state index in [0.717, 1.165) is 29.4 Å². The Bertz CT molecular complexity index is 1680. The molecule has 2 aromatic heterocycles. The Balaban J connectivity index is 1.18. The maximum Gasteiger partial charge on any atom is 0.228 e. The van der Waals surface area contributed by atoms with Crippen LogP contribution >= 0.6 is 0 Å². The van der Waals surface area contributed by atoms with Gasteiger partial charge in [0.15, 0.2) is 0 Å². The van der Waals surface area contributed by atoms with E-state index in [1.807, 2.05) is 24.0 Å². The molecule has 4 heterocycles. The standard InChI is InChI=1S/C33H31FN4O2/c1-21-10-11-23(34)17-30(21)38-20-22(16-31(38)39)32(40)37-14-12-33(13-15-37,26-18-35-28-8-4-2-6-24(26)28)27-19-36-29-9-5-3-7-25(27)29/h2-11,17-19,22,35-36H,12-16,20H2,1H3. The van der Waals surface area contributed by atoms with Gasteiger partial charge in [-0.15, -0.1) is 0 Å². The quantitative estimate of drug-likeness (QED) is 0.294. The summed E-state index contributed by atoms with van der Waals surface area (Å²) in [7, 11) is 0. The molecule has 1 unspecified atom stereocenters. The van der Waals surface area contributed by atoms with Crippen LogP contribution in [0, 0.1) is 18.7 Å². The second-order valence-electron chi connectivity index (χ2n) is 11.2. The van der Waals surface area contributed by atoms with Crippen molar-refractivity contribution in [2.24, 2.45) is 5.92 Å². The summed E-state index contributed by atoms with van der Waals surface area (Å²) in [6, 6.07) is 21.2. The third-order valence-electron chi connectivity index (χ3n) is 9.07. The highest BCUT2D eigenvalue weighted by Crippen LogP contribution is 2.47. The van der Waals surface area contributed by atoms with Gasteiger partial charge in [-0.1, -0.05) is 42.5 Å². The Morgan fingerprint density at radius 1 is 0.900 bits per heavy atom. The van der Waals surface area contributed by atoms with E-state index in [0.29, 0.717) is 18.8 Å². The third-order valence-corrected chi connectivity index (χ3v) is 9.07. The minimum Gasteiger partial charge on any atom is -0.361 e. The second-order valence-corrected chi connectivity index (χ2v) is 11.2. The predicted octanol–water partition coefficient (Wildman–Crippen LogP) is 6.06. The number of hydrogen-bond donors (Lipinski definition) is 2. The molecule has 0 bridgehead atoms. The zero-order valence-electron chi connectivity index (χ0n) is 22.4. The zero-order valence-corrected chi connectivity index (χ0v) is 22.4. The average molecular weight is 535 g/mol. The number of nitrogens with zero attached hydrogens (tertiary/aromatic N) is 2. The number of halogens is 1. The van der Waals surface area contributed by atoms with Gasteiger partial charge < -0.3 is 19.8 Å². The number of benzene rings is 3. The number of nitrogens with one attached hydrogen (secondary N) is 2. The summed E-state index contributed by atoms with van der Waals surface area (Å²) in [6.45, 7) is 3.34. The molecule has 0 spiro atoms. The van der Waals surface area contributed by atoms with Crippen LogP contribution in [-0.4, -0.2) is 46.3 Å². The second kappa shape index (κ2) is 9.37. The number of aromatic nitrogens is 2. The fourth-order valence-corrected chi connectivity index (χ4v) is 6.96. The molecule has 3 aromatic carbocycles. The molecular formula is C33H31FN4O2. The Kier molecular flexibility index (Phi) is 5.77. The van der Waals surface area contributed by atoms with Crippen LogP contribution < -0.4 is 4.90 Å². The van der Waals surface area contributed by atoms with Crippen LogP contribution in [0.15, 0.2) is 79.1 Å². The summed E-state index contributed by atoms with van der Waals surface area (Å²) in [5, 5.41) is 2.41. The first-order chi connectivity index (χ1) is 19.4. The van der Waals surface area contributed by atoms with Crippen molar-refractivity contribution in [1.82, 2.24) is 14.9 Å². The number of hydrogen-bond acceptors (Lipinski definition) is 2. The van der Waals surface area contributed by atoms with Gasteiger partial charge >= 0.3 is 0 Å². The fourth-order valence-electron chi connectivity index (χ4n) is 6.96. The number of para-hydroxylation sites is 2. The van der Waals surface area contributed by atoms with Gasteiger partial charge in [-0.3, -0.25) is 9.59 Å². The van der Waals surface area contributed by atoms with Gasteiger partial charge in [-0.2, -0.15) is 0 Å². The van der Waals surface area contributed by atoms with E-state index in [-0.39, 0.29) is 36.0 Å². The fraction of sp³-hybridized carbons (Fsp3) is 0.273. The van der Waals surface area contributed by atoms with Crippen LogP contribution in [0.3, 0.4) is 0 Å². The molecular weight excluding hydrogens is 503 g/mol. The molecule has 2 amide bonds. The number of carbonyl (C=O) groups is 2. The summed E-state index contributed by atoms with van der Waals surface area (Å²) in [5.41, 5.74) is 5.82. The zero-order chi connectivity index (χ0) is 27.4. The number of likely N-dealkylation sites (tertiary alicyclic amines) is 1. The number of H-pyrrole nitrogens is 2. The van der Waals surface area contributed by atoms with Crippen molar-refractivity contribution in [3.8, 4) is 0 Å². The molecule has 0 saturated carbocycles. The molecule has 1 atom stereocenters. The van der Waals surface area contributed by atoms with E-state index in [1.165, 1.54) is 34.0 Å². The monoisotopic (exact) mass is 534 g/mol. The molecule has 6 nitrogen and oxygen atoms in total. The number of aryl methyl sites for hydroxylation is 1. The van der Waals surface area contributed by atoms with Gasteiger partial charge in [0, 0.05) is 71.4 Å². The number of rotatable bonds is 4. The predicted molar refractivity (Wildman–Crippen MR) is 155 cm³/mol. The number of fused-ring (bicyclic) bond motifs is 2. The molecule has 0 radical (unpaired) electrons. The van der Waals surface area contributed by atoms with Gasteiger partial charge in [0.1, 0.15) is 5.82 Å². The average Bonchev–Trinajstić information content (AvgIpc) is 3.71. The van der Waals surface area contributed by atoms with Gasteiger partial charge in [0.05, 0.1) is 5.92 Å². The van der Waals surface area contributed by atoms with Crippen LogP contribution in [0.4, 0.5) is 10.1 Å². The van der Waals surface area contributed by atoms with Crippen molar-refractivity contribution >= 4 is 39.3 Å². The molecule has 2 fully saturated rings. The topological polar surface area (TPSA) is 72.2 Å². The summed E-state index contributed by atoms with van der Waals surface area (Å²) >= 11 is 0. The van der Waals surface area contributed by atoms with Gasteiger partial charge in [0.2, 0.25) is 11.8 Å². The Labute approximate surface area is 231 Å².